The van der Waals surface area contributed by atoms with E-state index in [4.69, 9.17) is 17.3 Å². The fourth-order valence-electron chi connectivity index (χ4n) is 1.61. The lowest BCUT2D eigenvalue weighted by molar-refractivity contribution is -0.128. The molecule has 0 aliphatic carbocycles. The number of benzene rings is 1. The molecule has 1 aromatic carbocycles. The third-order valence-corrected chi connectivity index (χ3v) is 4.99. The number of rotatable bonds is 5. The van der Waals surface area contributed by atoms with Gasteiger partial charge in [-0.3, -0.25) is 4.79 Å². The summed E-state index contributed by atoms with van der Waals surface area (Å²) in [6.45, 7) is 4.95. The highest BCUT2D eigenvalue weighted by Gasteiger charge is 2.29. The highest BCUT2D eigenvalue weighted by molar-refractivity contribution is 7.89. The molecule has 0 aliphatic heterocycles. The summed E-state index contributed by atoms with van der Waals surface area (Å²) in [6.07, 6.45) is 0. The predicted molar refractivity (Wildman–Crippen MR) is 83.6 cm³/mol. The average molecular weight is 334 g/mol. The van der Waals surface area contributed by atoms with Crippen molar-refractivity contribution < 1.29 is 13.2 Å². The van der Waals surface area contributed by atoms with Gasteiger partial charge in [-0.25, -0.2) is 13.1 Å². The number of halogens is 1. The van der Waals surface area contributed by atoms with E-state index in [-0.39, 0.29) is 22.4 Å². The van der Waals surface area contributed by atoms with Gasteiger partial charge in [-0.2, -0.15) is 0 Å². The Balaban J connectivity index is 3.01. The van der Waals surface area contributed by atoms with Crippen LogP contribution in [0.1, 0.15) is 19.4 Å². The van der Waals surface area contributed by atoms with Crippen LogP contribution in [0.4, 0.5) is 5.69 Å². The summed E-state index contributed by atoms with van der Waals surface area (Å²) in [5, 5.41) is 2.77. The van der Waals surface area contributed by atoms with E-state index in [0.717, 1.165) is 0 Å². The zero-order valence-corrected chi connectivity index (χ0v) is 14.0. The molecule has 0 atom stereocenters. The van der Waals surface area contributed by atoms with E-state index < -0.39 is 15.4 Å². The molecule has 118 valence electrons. The minimum atomic E-state index is -3.79. The van der Waals surface area contributed by atoms with Gasteiger partial charge in [0.05, 0.1) is 10.3 Å². The predicted octanol–water partition coefficient (Wildman–Crippen LogP) is 1.28. The van der Waals surface area contributed by atoms with Crippen LogP contribution in [0.3, 0.4) is 0 Å². The topological polar surface area (TPSA) is 101 Å². The van der Waals surface area contributed by atoms with Gasteiger partial charge in [0, 0.05) is 24.3 Å². The third kappa shape index (κ3) is 4.09. The highest BCUT2D eigenvalue weighted by Crippen LogP contribution is 2.26. The number of nitrogens with two attached hydrogens (primary N) is 1. The van der Waals surface area contributed by atoms with E-state index in [9.17, 15) is 13.2 Å². The lowest BCUT2D eigenvalue weighted by Crippen LogP contribution is -2.43. The maximum Gasteiger partial charge on any atom is 0.240 e. The van der Waals surface area contributed by atoms with Crippen molar-refractivity contribution in [2.24, 2.45) is 5.41 Å². The number of carbonyl (C=O) groups is 1. The fourth-order valence-corrected chi connectivity index (χ4v) is 3.17. The van der Waals surface area contributed by atoms with Crippen LogP contribution < -0.4 is 15.8 Å². The van der Waals surface area contributed by atoms with Crippen LogP contribution in [0.15, 0.2) is 17.0 Å². The molecule has 0 spiro atoms. The lowest BCUT2D eigenvalue weighted by atomic mass is 9.93. The Kier molecular flexibility index (Phi) is 5.25. The Labute approximate surface area is 130 Å². The zero-order valence-electron chi connectivity index (χ0n) is 12.5. The number of sulfonamides is 1. The van der Waals surface area contributed by atoms with Gasteiger partial charge in [0.15, 0.2) is 0 Å². The first-order valence-corrected chi connectivity index (χ1v) is 8.15. The van der Waals surface area contributed by atoms with Crippen LogP contribution in [0, 0.1) is 12.3 Å². The smallest absolute Gasteiger partial charge is 0.240 e. The van der Waals surface area contributed by atoms with Crippen molar-refractivity contribution in [1.29, 1.82) is 0 Å². The molecule has 0 fully saturated rings. The van der Waals surface area contributed by atoms with E-state index >= 15 is 0 Å². The van der Waals surface area contributed by atoms with Gasteiger partial charge >= 0.3 is 0 Å². The lowest BCUT2D eigenvalue weighted by Gasteiger charge is -2.22. The van der Waals surface area contributed by atoms with Gasteiger partial charge in [-0.15, -0.1) is 0 Å². The van der Waals surface area contributed by atoms with Gasteiger partial charge in [0.2, 0.25) is 15.9 Å². The van der Waals surface area contributed by atoms with E-state index in [1.54, 1.807) is 20.8 Å². The van der Waals surface area contributed by atoms with Crippen molar-refractivity contribution in [3.05, 3.63) is 22.7 Å². The van der Waals surface area contributed by atoms with E-state index in [0.29, 0.717) is 11.3 Å². The average Bonchev–Trinajstić information content (AvgIpc) is 2.41. The van der Waals surface area contributed by atoms with Crippen molar-refractivity contribution in [1.82, 2.24) is 10.0 Å². The summed E-state index contributed by atoms with van der Waals surface area (Å²) >= 11 is 5.95. The molecule has 8 heteroatoms. The number of hydrogen-bond donors (Lipinski definition) is 3. The molecule has 6 nitrogen and oxygen atoms in total. The molecule has 1 amide bonds. The summed E-state index contributed by atoms with van der Waals surface area (Å²) in [6, 6.07) is 2.68. The molecule has 0 saturated carbocycles. The monoisotopic (exact) mass is 333 g/mol. The van der Waals surface area contributed by atoms with Crippen LogP contribution in [0.2, 0.25) is 5.02 Å². The molecule has 0 heterocycles. The number of hydrogen-bond acceptors (Lipinski definition) is 4. The van der Waals surface area contributed by atoms with E-state index in [1.807, 2.05) is 0 Å². The second kappa shape index (κ2) is 6.21. The quantitative estimate of drug-likeness (QED) is 0.706. The molecule has 0 aliphatic rings. The standard InChI is InChI=1S/C13H20ClN3O3S/c1-8-10(14)5-9(6-11(8)15)21(19,20)17-7-13(2,3)12(18)16-4/h5-6,17H,7,15H2,1-4H3,(H,16,18). The zero-order chi connectivity index (χ0) is 16.4. The fraction of sp³-hybridized carbons (Fsp3) is 0.462. The molecule has 0 bridgehead atoms. The molecule has 1 aromatic rings. The van der Waals surface area contributed by atoms with E-state index in [2.05, 4.69) is 10.0 Å². The molecular weight excluding hydrogens is 314 g/mol. The van der Waals surface area contributed by atoms with Gasteiger partial charge < -0.3 is 11.1 Å². The number of nitrogens with one attached hydrogen (secondary N) is 2. The number of nitrogen functional groups attached to an aromatic ring is 1. The highest BCUT2D eigenvalue weighted by atomic mass is 35.5. The molecule has 4 N–H and O–H groups in total. The van der Waals surface area contributed by atoms with E-state index in [1.165, 1.54) is 19.2 Å². The summed E-state index contributed by atoms with van der Waals surface area (Å²) < 4.78 is 26.9. The number of anilines is 1. The SMILES string of the molecule is CNC(=O)C(C)(C)CNS(=O)(=O)c1cc(N)c(C)c(Cl)c1. The summed E-state index contributed by atoms with van der Waals surface area (Å²) in [4.78, 5) is 11.6. The minimum Gasteiger partial charge on any atom is -0.398 e. The Morgan fingerprint density at radius 1 is 1.38 bits per heavy atom. The Morgan fingerprint density at radius 2 is 1.95 bits per heavy atom. The first-order chi connectivity index (χ1) is 9.51. The largest absolute Gasteiger partial charge is 0.398 e. The van der Waals surface area contributed by atoms with Gasteiger partial charge in [-0.05, 0) is 38.5 Å². The number of carbonyl (C=O) groups excluding carboxylic acids is 1. The van der Waals surface area contributed by atoms with Gasteiger partial charge in [0.25, 0.3) is 0 Å². The molecule has 0 saturated heterocycles. The first kappa shape index (κ1) is 17.7. The Morgan fingerprint density at radius 3 is 2.43 bits per heavy atom. The normalized spacial score (nSPS) is 12.2. The Bertz CT molecular complexity index is 634. The van der Waals surface area contributed by atoms with Crippen molar-refractivity contribution in [2.75, 3.05) is 19.3 Å². The third-order valence-electron chi connectivity index (χ3n) is 3.21. The first-order valence-electron chi connectivity index (χ1n) is 6.29. The molecule has 0 aromatic heterocycles. The van der Waals surface area contributed by atoms with Crippen LogP contribution in [-0.4, -0.2) is 27.9 Å². The summed E-state index contributed by atoms with van der Waals surface area (Å²) in [7, 11) is -2.29. The van der Waals surface area contributed by atoms with Crippen molar-refractivity contribution in [3.8, 4) is 0 Å². The second-order valence-electron chi connectivity index (χ2n) is 5.41. The molecule has 0 radical (unpaired) electrons. The van der Waals surface area contributed by atoms with Gasteiger partial charge in [-0.1, -0.05) is 11.6 Å². The number of amides is 1. The molecule has 21 heavy (non-hydrogen) atoms. The second-order valence-corrected chi connectivity index (χ2v) is 7.58. The van der Waals surface area contributed by atoms with Crippen molar-refractivity contribution in [2.45, 2.75) is 25.7 Å². The molecule has 0 unspecified atom stereocenters. The van der Waals surface area contributed by atoms with Crippen LogP contribution in [0.25, 0.3) is 0 Å². The maximum atomic E-state index is 12.2. The van der Waals surface area contributed by atoms with Crippen LogP contribution >= 0.6 is 11.6 Å². The van der Waals surface area contributed by atoms with Crippen molar-refractivity contribution >= 4 is 33.2 Å². The molecule has 1 rings (SSSR count). The maximum absolute atomic E-state index is 12.2. The van der Waals surface area contributed by atoms with Crippen molar-refractivity contribution in [3.63, 3.8) is 0 Å². The molecular formula is C13H20ClN3O3S. The Hall–Kier alpha value is -1.31. The minimum absolute atomic E-state index is 0.0247. The van der Waals surface area contributed by atoms with Crippen LogP contribution in [-0.2, 0) is 14.8 Å². The van der Waals surface area contributed by atoms with Gasteiger partial charge in [0.1, 0.15) is 0 Å². The van der Waals surface area contributed by atoms with Crippen LogP contribution in [0.5, 0.6) is 0 Å². The summed E-state index contributed by atoms with van der Waals surface area (Å²) in [5.41, 5.74) is 5.78. The summed E-state index contributed by atoms with van der Waals surface area (Å²) in [5.74, 6) is -0.258.